The van der Waals surface area contributed by atoms with E-state index in [9.17, 15) is 9.59 Å². The fourth-order valence-electron chi connectivity index (χ4n) is 3.67. The number of nitrogens with one attached hydrogen (secondary N) is 2. The molecule has 0 bridgehead atoms. The molecular weight excluding hydrogens is 458 g/mol. The van der Waals surface area contributed by atoms with Crippen LogP contribution < -0.4 is 10.6 Å². The molecule has 4 heterocycles. The summed E-state index contributed by atoms with van der Waals surface area (Å²) in [6.45, 7) is 4.72. The van der Waals surface area contributed by atoms with E-state index in [1.54, 1.807) is 12.3 Å². The quantitative estimate of drug-likeness (QED) is 0.635. The number of aromatic nitrogens is 1. The van der Waals surface area contributed by atoms with Crippen LogP contribution in [0.2, 0.25) is 0 Å². The Morgan fingerprint density at radius 3 is 3.00 bits per heavy atom. The number of amides is 2. The number of hydrogen-bond donors (Lipinski definition) is 2. The van der Waals surface area contributed by atoms with Gasteiger partial charge in [-0.05, 0) is 48.1 Å². The van der Waals surface area contributed by atoms with Crippen LogP contribution in [0, 0.1) is 0 Å². The summed E-state index contributed by atoms with van der Waals surface area (Å²) >= 11 is 2.63. The molecule has 0 saturated carbocycles. The number of nitrogens with zero attached hydrogens (tertiary/aromatic N) is 5. The number of carbonyl (C=O) groups is 2. The van der Waals surface area contributed by atoms with Crippen molar-refractivity contribution in [3.05, 3.63) is 45.3 Å². The summed E-state index contributed by atoms with van der Waals surface area (Å²) in [6, 6.07) is 5.89. The normalized spacial score (nSPS) is 21.1. The Balaban J connectivity index is 1.19. The van der Waals surface area contributed by atoms with Crippen molar-refractivity contribution in [3.63, 3.8) is 0 Å². The molecule has 0 aliphatic carbocycles. The number of piperazine rings is 1. The van der Waals surface area contributed by atoms with Gasteiger partial charge in [-0.25, -0.2) is 9.98 Å². The highest BCUT2D eigenvalue weighted by molar-refractivity contribution is 8.18. The van der Waals surface area contributed by atoms with E-state index in [1.165, 1.54) is 23.1 Å². The summed E-state index contributed by atoms with van der Waals surface area (Å²) in [7, 11) is 2.09. The number of thioether (sulfide) groups is 1. The van der Waals surface area contributed by atoms with Gasteiger partial charge in [0.1, 0.15) is 0 Å². The minimum atomic E-state index is -0.197. The van der Waals surface area contributed by atoms with Crippen molar-refractivity contribution < 1.29 is 9.59 Å². The molecule has 3 aliphatic rings. The summed E-state index contributed by atoms with van der Waals surface area (Å²) in [4.78, 5) is 43.6. The Hall–Kier alpha value is -2.86. The van der Waals surface area contributed by atoms with E-state index < -0.39 is 0 Å². The van der Waals surface area contributed by atoms with Gasteiger partial charge >= 0.3 is 0 Å². The third-order valence-corrected chi connectivity index (χ3v) is 7.28. The van der Waals surface area contributed by atoms with Gasteiger partial charge in [0.15, 0.2) is 10.3 Å². The third-order valence-electron chi connectivity index (χ3n) is 5.51. The summed E-state index contributed by atoms with van der Waals surface area (Å²) in [5.41, 5.74) is 3.03. The highest BCUT2D eigenvalue weighted by Gasteiger charge is 2.24. The number of thiazole rings is 1. The second-order valence-corrected chi connectivity index (χ2v) is 10.1. The van der Waals surface area contributed by atoms with Gasteiger partial charge in [-0.2, -0.15) is 0 Å². The van der Waals surface area contributed by atoms with E-state index in [2.05, 4.69) is 42.4 Å². The first-order valence-electron chi connectivity index (χ1n) is 10.6. The lowest BCUT2D eigenvalue weighted by Gasteiger charge is -2.31. The van der Waals surface area contributed by atoms with E-state index in [0.29, 0.717) is 28.3 Å². The fraction of sp³-hybridized carbons (Fsp3) is 0.318. The van der Waals surface area contributed by atoms with E-state index in [0.717, 1.165) is 47.9 Å². The maximum absolute atomic E-state index is 12.4. The van der Waals surface area contributed by atoms with Crippen LogP contribution in [0.15, 0.2) is 39.3 Å². The molecule has 9 nitrogen and oxygen atoms in total. The number of fused-ring (bicyclic) bond motifs is 1. The maximum atomic E-state index is 12.4. The summed E-state index contributed by atoms with van der Waals surface area (Å²) in [5, 5.41) is 6.73. The van der Waals surface area contributed by atoms with Crippen LogP contribution in [0.4, 0.5) is 10.8 Å². The number of likely N-dealkylation sites (N-methyl/N-ethyl adjacent to an activating group) is 1. The third kappa shape index (κ3) is 5.38. The van der Waals surface area contributed by atoms with Crippen LogP contribution in [-0.4, -0.2) is 77.8 Å². The van der Waals surface area contributed by atoms with Gasteiger partial charge < -0.3 is 15.5 Å². The molecule has 1 aromatic heterocycles. The largest absolute Gasteiger partial charge is 0.304 e. The Labute approximate surface area is 199 Å². The molecule has 2 saturated heterocycles. The molecule has 0 spiro atoms. The molecule has 170 valence electrons. The average molecular weight is 482 g/mol. The van der Waals surface area contributed by atoms with Crippen molar-refractivity contribution in [3.8, 4) is 0 Å². The van der Waals surface area contributed by atoms with Crippen molar-refractivity contribution in [1.82, 2.24) is 20.1 Å². The first-order chi connectivity index (χ1) is 16.0. The van der Waals surface area contributed by atoms with Gasteiger partial charge in [-0.3, -0.25) is 19.5 Å². The molecule has 0 radical (unpaired) electrons. The molecule has 3 aliphatic heterocycles. The zero-order valence-corrected chi connectivity index (χ0v) is 19.7. The van der Waals surface area contributed by atoms with Crippen LogP contribution in [0.25, 0.3) is 6.08 Å². The summed E-state index contributed by atoms with van der Waals surface area (Å²) in [6.07, 6.45) is 5.29. The molecule has 5 rings (SSSR count). The van der Waals surface area contributed by atoms with Gasteiger partial charge in [0.05, 0.1) is 28.6 Å². The Kier molecular flexibility index (Phi) is 6.36. The SMILES string of the molecule is CN1CCN(CC(=O)Nc2ncc(/C=C3\SC(=Nc4ccc5c(c4)CN=C5)NC3=O)s2)CC1. The lowest BCUT2D eigenvalue weighted by atomic mass is 10.1. The summed E-state index contributed by atoms with van der Waals surface area (Å²) < 4.78 is 0. The van der Waals surface area contributed by atoms with Crippen molar-refractivity contribution in [2.24, 2.45) is 9.98 Å². The maximum Gasteiger partial charge on any atom is 0.264 e. The van der Waals surface area contributed by atoms with Crippen LogP contribution >= 0.6 is 23.1 Å². The Morgan fingerprint density at radius 2 is 2.15 bits per heavy atom. The topological polar surface area (TPSA) is 102 Å². The lowest BCUT2D eigenvalue weighted by molar-refractivity contribution is -0.117. The second-order valence-electron chi connectivity index (χ2n) is 8.03. The number of hydrogen-bond acceptors (Lipinski definition) is 9. The van der Waals surface area contributed by atoms with Crippen molar-refractivity contribution in [2.45, 2.75) is 6.54 Å². The minimum Gasteiger partial charge on any atom is -0.304 e. The highest BCUT2D eigenvalue weighted by Crippen LogP contribution is 2.31. The molecule has 11 heteroatoms. The summed E-state index contributed by atoms with van der Waals surface area (Å²) in [5.74, 6) is -0.271. The monoisotopic (exact) mass is 481 g/mol. The van der Waals surface area contributed by atoms with E-state index in [4.69, 9.17) is 0 Å². The zero-order chi connectivity index (χ0) is 22.8. The number of anilines is 1. The molecule has 2 aromatic rings. The van der Waals surface area contributed by atoms with Crippen molar-refractivity contribution in [1.29, 1.82) is 0 Å². The van der Waals surface area contributed by atoms with E-state index in [-0.39, 0.29) is 11.8 Å². The van der Waals surface area contributed by atoms with Crippen LogP contribution in [0.5, 0.6) is 0 Å². The average Bonchev–Trinajstić information content (AvgIpc) is 3.51. The first kappa shape index (κ1) is 22.0. The molecule has 2 amide bonds. The molecule has 0 atom stereocenters. The van der Waals surface area contributed by atoms with Crippen LogP contribution in [0.1, 0.15) is 16.0 Å². The van der Waals surface area contributed by atoms with Crippen LogP contribution in [-0.2, 0) is 16.1 Å². The number of aliphatic imine (C=N–C) groups is 2. The predicted octanol–water partition coefficient (Wildman–Crippen LogP) is 2.15. The molecule has 0 unspecified atom stereocenters. The first-order valence-corrected chi connectivity index (χ1v) is 12.2. The van der Waals surface area contributed by atoms with E-state index >= 15 is 0 Å². The zero-order valence-electron chi connectivity index (χ0n) is 18.1. The Bertz CT molecular complexity index is 1180. The number of carbonyl (C=O) groups excluding carboxylic acids is 2. The van der Waals surface area contributed by atoms with Crippen molar-refractivity contribution in [2.75, 3.05) is 45.1 Å². The Morgan fingerprint density at radius 1 is 1.30 bits per heavy atom. The van der Waals surface area contributed by atoms with E-state index in [1.807, 2.05) is 24.4 Å². The molecule has 1 aromatic carbocycles. The van der Waals surface area contributed by atoms with Crippen LogP contribution in [0.3, 0.4) is 0 Å². The lowest BCUT2D eigenvalue weighted by Crippen LogP contribution is -2.47. The molecule has 33 heavy (non-hydrogen) atoms. The molecular formula is C22H23N7O2S2. The van der Waals surface area contributed by atoms with Crippen molar-refractivity contribution >= 4 is 63.2 Å². The fourth-order valence-corrected chi connectivity index (χ4v) is 5.36. The van der Waals surface area contributed by atoms with Gasteiger partial charge in [0.2, 0.25) is 5.91 Å². The van der Waals surface area contributed by atoms with Gasteiger partial charge in [0, 0.05) is 38.6 Å². The highest BCUT2D eigenvalue weighted by atomic mass is 32.2. The smallest absolute Gasteiger partial charge is 0.264 e. The minimum absolute atomic E-state index is 0.0738. The van der Waals surface area contributed by atoms with Gasteiger partial charge in [-0.15, -0.1) is 0 Å². The standard InChI is InChI=1S/C22H23N7O2S2/c1-28-4-6-29(7-5-28)13-19(30)26-21-24-12-17(32-21)9-18-20(31)27-22(33-18)25-16-3-2-14-10-23-11-15(14)8-16/h2-3,8-10,12H,4-7,11,13H2,1H3,(H,24,26,30)(H,25,27,31)/b18-9-. The molecule has 2 fully saturated rings. The number of amidine groups is 1. The second kappa shape index (κ2) is 9.56. The number of rotatable bonds is 5. The molecule has 2 N–H and O–H groups in total. The van der Waals surface area contributed by atoms with Gasteiger partial charge in [-0.1, -0.05) is 17.4 Å². The predicted molar refractivity (Wildman–Crippen MR) is 133 cm³/mol. The van der Waals surface area contributed by atoms with Gasteiger partial charge in [0.25, 0.3) is 5.91 Å². The number of benzene rings is 1.